The van der Waals surface area contributed by atoms with Crippen LogP contribution in [0, 0.1) is 11.6 Å². The van der Waals surface area contributed by atoms with Crippen LogP contribution in [0.15, 0.2) is 65.8 Å². The summed E-state index contributed by atoms with van der Waals surface area (Å²) in [6.45, 7) is 4.91. The molecule has 1 unspecified atom stereocenters. The van der Waals surface area contributed by atoms with Gasteiger partial charge in [-0.15, -0.1) is 0 Å². The lowest BCUT2D eigenvalue weighted by atomic mass is 10.1. The molecule has 1 saturated heterocycles. The van der Waals surface area contributed by atoms with Gasteiger partial charge in [-0.25, -0.2) is 18.6 Å². The Balaban J connectivity index is 1.36. The summed E-state index contributed by atoms with van der Waals surface area (Å²) in [6, 6.07) is 13.1. The van der Waals surface area contributed by atoms with E-state index in [4.69, 9.17) is 30.5 Å². The molecule has 16 heteroatoms. The largest absolute Gasteiger partial charge is 0.497 e. The van der Waals surface area contributed by atoms with Crippen LogP contribution < -0.4 is 23.4 Å². The fourth-order valence-electron chi connectivity index (χ4n) is 4.94. The number of ether oxygens (including phenoxy) is 4. The number of amides is 2. The molecule has 5 rings (SSSR count). The molecule has 0 bridgehead atoms. The van der Waals surface area contributed by atoms with Gasteiger partial charge < -0.3 is 23.8 Å². The number of benzene rings is 3. The maximum absolute atomic E-state index is 15.6. The molecule has 260 valence electrons. The van der Waals surface area contributed by atoms with Gasteiger partial charge in [0.1, 0.15) is 42.4 Å². The number of rotatable bonds is 11. The third-order valence-electron chi connectivity index (χ3n) is 7.14. The second kappa shape index (κ2) is 15.5. The van der Waals surface area contributed by atoms with E-state index in [0.717, 1.165) is 41.2 Å². The Kier molecular flexibility index (Phi) is 11.4. The van der Waals surface area contributed by atoms with Crippen LogP contribution in [0.3, 0.4) is 0 Å². The zero-order valence-electron chi connectivity index (χ0n) is 27.3. The van der Waals surface area contributed by atoms with Gasteiger partial charge in [0.15, 0.2) is 11.6 Å². The lowest BCUT2D eigenvalue weighted by Crippen LogP contribution is -2.60. The molecule has 1 aliphatic rings. The Labute approximate surface area is 296 Å². The van der Waals surface area contributed by atoms with Crippen molar-refractivity contribution in [1.29, 1.82) is 0 Å². The zero-order chi connectivity index (χ0) is 35.3. The van der Waals surface area contributed by atoms with Crippen LogP contribution in [0.2, 0.25) is 5.02 Å². The molecule has 0 spiro atoms. The van der Waals surface area contributed by atoms with E-state index in [1.807, 2.05) is 6.07 Å². The van der Waals surface area contributed by atoms with Gasteiger partial charge in [-0.3, -0.25) is 14.0 Å². The number of nitrogens with zero attached hydrogens (tertiary/aromatic N) is 5. The molecule has 1 atom stereocenters. The van der Waals surface area contributed by atoms with Gasteiger partial charge in [0.05, 0.1) is 31.7 Å². The molecular weight excluding hydrogens is 700 g/mol. The number of anilines is 2. The number of piperazine rings is 1. The molecule has 0 radical (unpaired) electrons. The van der Waals surface area contributed by atoms with E-state index < -0.39 is 35.3 Å². The Morgan fingerprint density at radius 2 is 1.82 bits per heavy atom. The maximum atomic E-state index is 15.6. The topological polar surface area (TPSA) is 107 Å². The minimum atomic E-state index is -0.827. The van der Waals surface area contributed by atoms with E-state index in [9.17, 15) is 9.59 Å². The van der Waals surface area contributed by atoms with Crippen molar-refractivity contribution in [3.05, 3.63) is 83.1 Å². The van der Waals surface area contributed by atoms with Gasteiger partial charge in [-0.05, 0) is 75.2 Å². The molecule has 49 heavy (non-hydrogen) atoms. The summed E-state index contributed by atoms with van der Waals surface area (Å²) in [6.07, 6.45) is 0.701. The van der Waals surface area contributed by atoms with Crippen molar-refractivity contribution in [2.75, 3.05) is 43.1 Å². The standard InChI is InChI=1S/C33H34ClF2N5O6S2/c1-33(2,3)47-32(43)39-16-23(41(30(42)17-39)22-9-7-21(34)8-10-22)18-46-28-13-26(36)29(14-25(28)35)49-40(31-37-19-38-48-31)15-20-6-11-24(44-4)12-27(20)45-5/h6-14,19,23H,15-18H2,1-5H3. The first kappa shape index (κ1) is 36.0. The zero-order valence-corrected chi connectivity index (χ0v) is 29.7. The van der Waals surface area contributed by atoms with Crippen LogP contribution in [0.1, 0.15) is 26.3 Å². The monoisotopic (exact) mass is 733 g/mol. The lowest BCUT2D eigenvalue weighted by molar-refractivity contribution is -0.122. The van der Waals surface area contributed by atoms with Crippen LogP contribution in [0.25, 0.3) is 0 Å². The molecule has 1 aliphatic heterocycles. The van der Waals surface area contributed by atoms with Gasteiger partial charge in [0, 0.05) is 46.5 Å². The summed E-state index contributed by atoms with van der Waals surface area (Å²) in [5.74, 6) is -1.19. The molecule has 0 saturated carbocycles. The summed E-state index contributed by atoms with van der Waals surface area (Å²) in [7, 11) is 3.08. The number of hydrogen-bond acceptors (Lipinski definition) is 11. The number of carbonyl (C=O) groups excluding carboxylic acids is 2. The molecule has 3 aromatic carbocycles. The third kappa shape index (κ3) is 9.02. The van der Waals surface area contributed by atoms with Crippen molar-refractivity contribution in [2.24, 2.45) is 0 Å². The second-order valence-electron chi connectivity index (χ2n) is 11.8. The highest BCUT2D eigenvalue weighted by Gasteiger charge is 2.38. The first-order valence-electron chi connectivity index (χ1n) is 15.0. The smallest absolute Gasteiger partial charge is 0.410 e. The quantitative estimate of drug-likeness (QED) is 0.147. The fourth-order valence-corrected chi connectivity index (χ4v) is 6.59. The summed E-state index contributed by atoms with van der Waals surface area (Å²) >= 11 is 8.09. The number of aromatic nitrogens is 2. The van der Waals surface area contributed by atoms with E-state index >= 15 is 8.78 Å². The van der Waals surface area contributed by atoms with Crippen molar-refractivity contribution >= 4 is 57.9 Å². The minimum Gasteiger partial charge on any atom is -0.497 e. The van der Waals surface area contributed by atoms with E-state index in [1.165, 1.54) is 23.2 Å². The molecule has 0 aliphatic carbocycles. The predicted octanol–water partition coefficient (Wildman–Crippen LogP) is 7.23. The van der Waals surface area contributed by atoms with Crippen LogP contribution in [-0.4, -0.2) is 71.8 Å². The first-order chi connectivity index (χ1) is 23.3. The predicted molar refractivity (Wildman–Crippen MR) is 184 cm³/mol. The van der Waals surface area contributed by atoms with Crippen molar-refractivity contribution in [3.8, 4) is 17.2 Å². The molecule has 4 aromatic rings. The highest BCUT2D eigenvalue weighted by molar-refractivity contribution is 8.00. The van der Waals surface area contributed by atoms with E-state index in [2.05, 4.69) is 9.36 Å². The number of methoxy groups -OCH3 is 2. The molecule has 1 fully saturated rings. The Hall–Kier alpha value is -4.34. The Morgan fingerprint density at radius 3 is 2.47 bits per heavy atom. The third-order valence-corrected chi connectivity index (χ3v) is 9.23. The van der Waals surface area contributed by atoms with Crippen LogP contribution in [-0.2, 0) is 16.1 Å². The van der Waals surface area contributed by atoms with Crippen molar-refractivity contribution < 1.29 is 37.3 Å². The minimum absolute atomic E-state index is 0.0208. The molecular formula is C33H34ClF2N5O6S2. The van der Waals surface area contributed by atoms with Crippen molar-refractivity contribution in [1.82, 2.24) is 14.3 Å². The summed E-state index contributed by atoms with van der Waals surface area (Å²) < 4.78 is 59.0. The summed E-state index contributed by atoms with van der Waals surface area (Å²) in [5.41, 5.74) is 0.474. The number of hydrogen-bond donors (Lipinski definition) is 0. The van der Waals surface area contributed by atoms with E-state index in [0.29, 0.717) is 27.3 Å². The van der Waals surface area contributed by atoms with E-state index in [1.54, 1.807) is 68.6 Å². The molecule has 1 aromatic heterocycles. The maximum Gasteiger partial charge on any atom is 0.410 e. The first-order valence-corrected chi connectivity index (χ1v) is 16.9. The Bertz CT molecular complexity index is 1780. The molecule has 0 N–H and O–H groups in total. The van der Waals surface area contributed by atoms with Gasteiger partial charge >= 0.3 is 6.09 Å². The van der Waals surface area contributed by atoms with Crippen LogP contribution in [0.5, 0.6) is 17.2 Å². The average Bonchev–Trinajstić information content (AvgIpc) is 3.60. The second-order valence-corrected chi connectivity index (χ2v) is 14.1. The Morgan fingerprint density at radius 1 is 1.06 bits per heavy atom. The summed E-state index contributed by atoms with van der Waals surface area (Å²) in [5, 5.41) is 0.932. The number of carbonyl (C=O) groups is 2. The molecule has 11 nitrogen and oxygen atoms in total. The summed E-state index contributed by atoms with van der Waals surface area (Å²) in [4.78, 5) is 33.2. The van der Waals surface area contributed by atoms with Gasteiger partial charge in [-0.2, -0.15) is 4.37 Å². The highest BCUT2D eigenvalue weighted by atomic mass is 35.5. The van der Waals surface area contributed by atoms with Crippen molar-refractivity contribution in [3.63, 3.8) is 0 Å². The lowest BCUT2D eigenvalue weighted by Gasteiger charge is -2.41. The van der Waals surface area contributed by atoms with Crippen LogP contribution >= 0.6 is 35.1 Å². The number of halogens is 3. The van der Waals surface area contributed by atoms with Gasteiger partial charge in [-0.1, -0.05) is 11.6 Å². The SMILES string of the molecule is COc1ccc(CN(Sc2cc(F)c(OCC3CN(C(=O)OC(C)(C)C)CC(=O)N3c3ccc(Cl)cc3)cc2F)c2ncns2)c(OC)c1. The fraction of sp³-hybridized carbons (Fsp3) is 0.333. The van der Waals surface area contributed by atoms with Crippen molar-refractivity contribution in [2.45, 2.75) is 43.9 Å². The normalized spacial score (nSPS) is 14.9. The molecule has 2 amide bonds. The highest BCUT2D eigenvalue weighted by Crippen LogP contribution is 2.37. The van der Waals surface area contributed by atoms with Gasteiger partial charge in [0.25, 0.3) is 0 Å². The van der Waals surface area contributed by atoms with Gasteiger partial charge in [0.2, 0.25) is 11.0 Å². The van der Waals surface area contributed by atoms with E-state index in [-0.39, 0.29) is 36.9 Å². The average molecular weight is 734 g/mol. The molecule has 2 heterocycles. The van der Waals surface area contributed by atoms with Crippen LogP contribution in [0.4, 0.5) is 24.4 Å².